The first kappa shape index (κ1) is 14.8. The fraction of sp³-hybridized carbons (Fsp3) is 0.500. The van der Waals surface area contributed by atoms with Gasteiger partial charge in [-0.15, -0.1) is 0 Å². The van der Waals surface area contributed by atoms with Gasteiger partial charge in [0.15, 0.2) is 0 Å². The minimum Gasteiger partial charge on any atom is -0.494 e. The maximum atomic E-state index is 11.7. The molecule has 102 valence electrons. The fourth-order valence-corrected chi connectivity index (χ4v) is 2.58. The summed E-state index contributed by atoms with van der Waals surface area (Å²) in [5, 5.41) is 2.92. The molecule has 0 aliphatic carbocycles. The van der Waals surface area contributed by atoms with E-state index in [1.807, 2.05) is 6.92 Å². The zero-order valence-corrected chi connectivity index (χ0v) is 11.6. The zero-order chi connectivity index (χ0) is 13.4. The third kappa shape index (κ3) is 5.37. The van der Waals surface area contributed by atoms with E-state index in [9.17, 15) is 8.42 Å². The van der Waals surface area contributed by atoms with Gasteiger partial charge in [0.1, 0.15) is 5.75 Å². The molecule has 0 atom stereocenters. The monoisotopic (exact) mass is 272 g/mol. The lowest BCUT2D eigenvalue weighted by atomic mass is 10.3. The number of hydrogen-bond acceptors (Lipinski definition) is 4. The highest BCUT2D eigenvalue weighted by molar-refractivity contribution is 7.92. The zero-order valence-electron chi connectivity index (χ0n) is 10.8. The summed E-state index contributed by atoms with van der Waals surface area (Å²) >= 11 is 0. The number of benzene rings is 1. The van der Waals surface area contributed by atoms with Crippen LogP contribution in [0.25, 0.3) is 0 Å². The van der Waals surface area contributed by atoms with Gasteiger partial charge in [-0.05, 0) is 51.2 Å². The molecule has 1 aromatic carbocycles. The van der Waals surface area contributed by atoms with Crippen LogP contribution in [0.5, 0.6) is 5.75 Å². The molecule has 0 bridgehead atoms. The van der Waals surface area contributed by atoms with Crippen LogP contribution in [0.15, 0.2) is 24.3 Å². The van der Waals surface area contributed by atoms with Crippen molar-refractivity contribution in [1.82, 2.24) is 5.32 Å². The molecule has 0 amide bonds. The molecule has 1 rings (SSSR count). The predicted octanol–water partition coefficient (Wildman–Crippen LogP) is 1.44. The summed E-state index contributed by atoms with van der Waals surface area (Å²) in [6, 6.07) is 6.88. The summed E-state index contributed by atoms with van der Waals surface area (Å²) in [7, 11) is -1.46. The topological polar surface area (TPSA) is 67.4 Å². The summed E-state index contributed by atoms with van der Waals surface area (Å²) < 4.78 is 31.3. The Hall–Kier alpha value is -1.27. The van der Waals surface area contributed by atoms with Gasteiger partial charge in [-0.25, -0.2) is 8.42 Å². The summed E-state index contributed by atoms with van der Waals surface area (Å²) in [5.41, 5.74) is 0.558. The Bertz CT molecular complexity index is 443. The van der Waals surface area contributed by atoms with Crippen LogP contribution in [0.3, 0.4) is 0 Å². The van der Waals surface area contributed by atoms with E-state index >= 15 is 0 Å². The van der Waals surface area contributed by atoms with Gasteiger partial charge < -0.3 is 10.1 Å². The Morgan fingerprint density at radius 2 is 1.89 bits per heavy atom. The highest BCUT2D eigenvalue weighted by Gasteiger charge is 2.09. The van der Waals surface area contributed by atoms with Gasteiger partial charge in [0.25, 0.3) is 0 Å². The molecule has 6 heteroatoms. The third-order valence-electron chi connectivity index (χ3n) is 2.28. The van der Waals surface area contributed by atoms with Crippen molar-refractivity contribution in [2.75, 3.05) is 30.7 Å². The van der Waals surface area contributed by atoms with E-state index in [0.717, 1.165) is 5.75 Å². The van der Waals surface area contributed by atoms with Crippen molar-refractivity contribution in [2.24, 2.45) is 0 Å². The molecule has 5 nitrogen and oxygen atoms in total. The number of nitrogens with one attached hydrogen (secondary N) is 2. The molecule has 0 saturated carbocycles. The van der Waals surface area contributed by atoms with Crippen molar-refractivity contribution in [1.29, 1.82) is 0 Å². The summed E-state index contributed by atoms with van der Waals surface area (Å²) in [6.07, 6.45) is 0.586. The minimum absolute atomic E-state index is 0.112. The van der Waals surface area contributed by atoms with E-state index in [2.05, 4.69) is 10.0 Å². The van der Waals surface area contributed by atoms with Crippen molar-refractivity contribution >= 4 is 15.7 Å². The number of anilines is 1. The highest BCUT2D eigenvalue weighted by Crippen LogP contribution is 2.16. The molecule has 0 aliphatic heterocycles. The molecule has 0 fully saturated rings. The summed E-state index contributed by atoms with van der Waals surface area (Å²) in [5.74, 6) is 0.844. The first-order valence-corrected chi connectivity index (χ1v) is 7.60. The van der Waals surface area contributed by atoms with Crippen molar-refractivity contribution in [2.45, 2.75) is 13.3 Å². The third-order valence-corrected chi connectivity index (χ3v) is 3.65. The Balaban J connectivity index is 2.55. The van der Waals surface area contributed by atoms with E-state index in [1.165, 1.54) is 0 Å². The van der Waals surface area contributed by atoms with Gasteiger partial charge in [0.05, 0.1) is 12.4 Å². The van der Waals surface area contributed by atoms with Crippen LogP contribution >= 0.6 is 0 Å². The number of rotatable bonds is 8. The fourth-order valence-electron chi connectivity index (χ4n) is 1.46. The van der Waals surface area contributed by atoms with Gasteiger partial charge >= 0.3 is 0 Å². The predicted molar refractivity (Wildman–Crippen MR) is 73.6 cm³/mol. The average molecular weight is 272 g/mol. The quantitative estimate of drug-likeness (QED) is 0.703. The van der Waals surface area contributed by atoms with Crippen LogP contribution in [0.1, 0.15) is 13.3 Å². The SMILES string of the molecule is CCOc1ccc(NS(=O)(=O)CCCNC)cc1. The second-order valence-electron chi connectivity index (χ2n) is 3.84. The molecule has 0 aliphatic rings. The molecule has 0 heterocycles. The Morgan fingerprint density at radius 3 is 2.44 bits per heavy atom. The van der Waals surface area contributed by atoms with Gasteiger partial charge in [-0.1, -0.05) is 0 Å². The lowest BCUT2D eigenvalue weighted by molar-refractivity contribution is 0.340. The van der Waals surface area contributed by atoms with Crippen LogP contribution in [0.4, 0.5) is 5.69 Å². The summed E-state index contributed by atoms with van der Waals surface area (Å²) in [6.45, 7) is 3.18. The van der Waals surface area contributed by atoms with E-state index in [0.29, 0.717) is 25.3 Å². The molecule has 2 N–H and O–H groups in total. The number of ether oxygens (including phenoxy) is 1. The maximum Gasteiger partial charge on any atom is 0.232 e. The molecule has 0 aromatic heterocycles. The van der Waals surface area contributed by atoms with Gasteiger partial charge in [-0.3, -0.25) is 4.72 Å². The van der Waals surface area contributed by atoms with Gasteiger partial charge in [0, 0.05) is 5.69 Å². The van der Waals surface area contributed by atoms with Crippen molar-refractivity contribution in [3.63, 3.8) is 0 Å². The lowest BCUT2D eigenvalue weighted by Crippen LogP contribution is -2.20. The largest absolute Gasteiger partial charge is 0.494 e. The molecule has 18 heavy (non-hydrogen) atoms. The van der Waals surface area contributed by atoms with Gasteiger partial charge in [0.2, 0.25) is 10.0 Å². The highest BCUT2D eigenvalue weighted by atomic mass is 32.2. The number of sulfonamides is 1. The van der Waals surface area contributed by atoms with Crippen molar-refractivity contribution in [3.05, 3.63) is 24.3 Å². The van der Waals surface area contributed by atoms with E-state index < -0.39 is 10.0 Å². The normalized spacial score (nSPS) is 11.2. The average Bonchev–Trinajstić information content (AvgIpc) is 2.32. The molecule has 0 saturated heterocycles. The van der Waals surface area contributed by atoms with Crippen LogP contribution < -0.4 is 14.8 Å². The van der Waals surface area contributed by atoms with Crippen LogP contribution in [0.2, 0.25) is 0 Å². The van der Waals surface area contributed by atoms with E-state index in [-0.39, 0.29) is 5.75 Å². The Labute approximate surface area is 109 Å². The molecule has 0 spiro atoms. The smallest absolute Gasteiger partial charge is 0.232 e. The van der Waals surface area contributed by atoms with Gasteiger partial charge in [-0.2, -0.15) is 0 Å². The van der Waals surface area contributed by atoms with E-state index in [4.69, 9.17) is 4.74 Å². The Morgan fingerprint density at radius 1 is 1.22 bits per heavy atom. The first-order valence-electron chi connectivity index (χ1n) is 5.95. The summed E-state index contributed by atoms with van der Waals surface area (Å²) in [4.78, 5) is 0. The maximum absolute atomic E-state index is 11.7. The molecule has 1 aromatic rings. The second kappa shape index (κ2) is 7.23. The molecule has 0 radical (unpaired) electrons. The van der Waals surface area contributed by atoms with E-state index in [1.54, 1.807) is 31.3 Å². The minimum atomic E-state index is -3.26. The van der Waals surface area contributed by atoms with Crippen LogP contribution in [0, 0.1) is 0 Å². The lowest BCUT2D eigenvalue weighted by Gasteiger charge is -2.09. The number of hydrogen-bond donors (Lipinski definition) is 2. The van der Waals surface area contributed by atoms with Crippen LogP contribution in [-0.2, 0) is 10.0 Å². The standard InChI is InChI=1S/C12H20N2O3S/c1-3-17-12-7-5-11(6-8-12)14-18(15,16)10-4-9-13-2/h5-8,13-14H,3-4,9-10H2,1-2H3. The second-order valence-corrected chi connectivity index (χ2v) is 5.68. The molecular formula is C12H20N2O3S. The Kier molecular flexibility index (Phi) is 5.94. The first-order chi connectivity index (χ1) is 8.57. The van der Waals surface area contributed by atoms with Crippen molar-refractivity contribution in [3.8, 4) is 5.75 Å². The molecule has 0 unspecified atom stereocenters. The molecular weight excluding hydrogens is 252 g/mol. The van der Waals surface area contributed by atoms with Crippen molar-refractivity contribution < 1.29 is 13.2 Å². The van der Waals surface area contributed by atoms with Crippen LogP contribution in [-0.4, -0.2) is 34.4 Å².